The standard InChI is InChI=1S/C22H23FN4O4/c1-30-18-8-7-15-13-24-27(22(29)20(15)21(18)31-2)14-19(28)26-11-9-25(10-12-26)17-6-4-3-5-16(17)23/h3-8,13H,9-12,14H2,1-2H3. The normalized spacial score (nSPS) is 14.0. The number of carbonyl (C=O) groups is 1. The number of methoxy groups -OCH3 is 2. The average molecular weight is 426 g/mol. The van der Waals surface area contributed by atoms with Gasteiger partial charge in [-0.15, -0.1) is 0 Å². The van der Waals surface area contributed by atoms with Gasteiger partial charge in [0.2, 0.25) is 5.91 Å². The Labute approximate surface area is 178 Å². The highest BCUT2D eigenvalue weighted by molar-refractivity contribution is 5.89. The fourth-order valence-corrected chi connectivity index (χ4v) is 3.83. The van der Waals surface area contributed by atoms with Crippen LogP contribution in [-0.4, -0.2) is 61.0 Å². The summed E-state index contributed by atoms with van der Waals surface area (Å²) in [6.45, 7) is 1.71. The van der Waals surface area contributed by atoms with Gasteiger partial charge < -0.3 is 19.3 Å². The van der Waals surface area contributed by atoms with Crippen LogP contribution in [0.15, 0.2) is 47.4 Å². The van der Waals surface area contributed by atoms with Gasteiger partial charge in [-0.05, 0) is 24.3 Å². The minimum absolute atomic E-state index is 0.186. The first-order chi connectivity index (χ1) is 15.0. The zero-order valence-corrected chi connectivity index (χ0v) is 17.4. The molecule has 0 spiro atoms. The molecule has 8 nitrogen and oxygen atoms in total. The molecule has 1 fully saturated rings. The third-order valence-electron chi connectivity index (χ3n) is 5.47. The lowest BCUT2D eigenvalue weighted by Gasteiger charge is -2.36. The Morgan fingerprint density at radius 2 is 1.81 bits per heavy atom. The highest BCUT2D eigenvalue weighted by atomic mass is 19.1. The van der Waals surface area contributed by atoms with Crippen molar-refractivity contribution in [1.29, 1.82) is 0 Å². The quantitative estimate of drug-likeness (QED) is 0.620. The van der Waals surface area contributed by atoms with Crippen molar-refractivity contribution in [2.24, 2.45) is 0 Å². The van der Waals surface area contributed by atoms with Crippen molar-refractivity contribution in [3.8, 4) is 11.5 Å². The lowest BCUT2D eigenvalue weighted by atomic mass is 10.1. The van der Waals surface area contributed by atoms with E-state index in [-0.39, 0.29) is 18.3 Å². The van der Waals surface area contributed by atoms with E-state index < -0.39 is 5.56 Å². The summed E-state index contributed by atoms with van der Waals surface area (Å²) in [6.07, 6.45) is 1.53. The van der Waals surface area contributed by atoms with E-state index in [0.717, 1.165) is 4.68 Å². The van der Waals surface area contributed by atoms with Crippen LogP contribution in [0.4, 0.5) is 10.1 Å². The van der Waals surface area contributed by atoms with Crippen molar-refractivity contribution in [2.75, 3.05) is 45.3 Å². The third-order valence-corrected chi connectivity index (χ3v) is 5.47. The molecule has 0 bridgehead atoms. The Morgan fingerprint density at radius 3 is 2.48 bits per heavy atom. The largest absolute Gasteiger partial charge is 0.493 e. The van der Waals surface area contributed by atoms with E-state index in [1.807, 2.05) is 4.90 Å². The molecule has 4 rings (SSSR count). The van der Waals surface area contributed by atoms with Gasteiger partial charge in [-0.25, -0.2) is 9.07 Å². The number of hydrogen-bond donors (Lipinski definition) is 0. The second-order valence-corrected chi connectivity index (χ2v) is 7.19. The number of ether oxygens (including phenoxy) is 2. The number of fused-ring (bicyclic) bond motifs is 1. The van der Waals surface area contributed by atoms with Gasteiger partial charge in [0.1, 0.15) is 12.4 Å². The van der Waals surface area contributed by atoms with Crippen molar-refractivity contribution in [1.82, 2.24) is 14.7 Å². The molecule has 2 heterocycles. The van der Waals surface area contributed by atoms with Gasteiger partial charge in [0, 0.05) is 31.6 Å². The van der Waals surface area contributed by atoms with Gasteiger partial charge in [0.25, 0.3) is 5.56 Å². The molecule has 1 aromatic heterocycles. The Bertz CT molecular complexity index is 1170. The summed E-state index contributed by atoms with van der Waals surface area (Å²) >= 11 is 0. The fraction of sp³-hybridized carbons (Fsp3) is 0.318. The van der Waals surface area contributed by atoms with Crippen molar-refractivity contribution in [3.63, 3.8) is 0 Å². The number of benzene rings is 2. The fourth-order valence-electron chi connectivity index (χ4n) is 3.83. The van der Waals surface area contributed by atoms with Gasteiger partial charge in [-0.1, -0.05) is 12.1 Å². The molecule has 0 saturated carbocycles. The molecule has 0 aliphatic carbocycles. The zero-order chi connectivity index (χ0) is 22.0. The minimum atomic E-state index is -0.424. The molecule has 31 heavy (non-hydrogen) atoms. The molecule has 0 atom stereocenters. The van der Waals surface area contributed by atoms with Crippen LogP contribution in [0.2, 0.25) is 0 Å². The van der Waals surface area contributed by atoms with Gasteiger partial charge in [-0.2, -0.15) is 5.10 Å². The SMILES string of the molecule is COc1ccc2cnn(CC(=O)N3CCN(c4ccccc4F)CC3)c(=O)c2c1OC. The summed E-state index contributed by atoms with van der Waals surface area (Å²) in [5.41, 5.74) is 0.106. The minimum Gasteiger partial charge on any atom is -0.493 e. The van der Waals surface area contributed by atoms with Crippen molar-refractivity contribution >= 4 is 22.4 Å². The second-order valence-electron chi connectivity index (χ2n) is 7.19. The first kappa shape index (κ1) is 20.6. The number of nitrogens with zero attached hydrogens (tertiary/aromatic N) is 4. The maximum Gasteiger partial charge on any atom is 0.279 e. The van der Waals surface area contributed by atoms with Gasteiger partial charge >= 0.3 is 0 Å². The lowest BCUT2D eigenvalue weighted by Crippen LogP contribution is -2.50. The molecule has 162 valence electrons. The summed E-state index contributed by atoms with van der Waals surface area (Å²) in [5.74, 6) is 0.245. The molecule has 0 N–H and O–H groups in total. The average Bonchev–Trinajstić information content (AvgIpc) is 2.80. The smallest absolute Gasteiger partial charge is 0.279 e. The molecule has 1 aliphatic heterocycles. The van der Waals surface area contributed by atoms with E-state index in [1.54, 1.807) is 35.2 Å². The predicted octanol–water partition coefficient (Wildman–Crippen LogP) is 1.90. The Morgan fingerprint density at radius 1 is 1.06 bits per heavy atom. The van der Waals surface area contributed by atoms with Crippen molar-refractivity contribution < 1.29 is 18.7 Å². The second kappa shape index (κ2) is 8.63. The molecule has 1 saturated heterocycles. The van der Waals surface area contributed by atoms with Crippen LogP contribution in [0.25, 0.3) is 10.8 Å². The predicted molar refractivity (Wildman–Crippen MR) is 114 cm³/mol. The molecule has 0 radical (unpaired) electrons. The maximum absolute atomic E-state index is 14.0. The Kier molecular flexibility index (Phi) is 5.75. The summed E-state index contributed by atoms with van der Waals surface area (Å²) in [5, 5.41) is 5.06. The van der Waals surface area contributed by atoms with Crippen LogP contribution in [0.1, 0.15) is 0 Å². The molecule has 9 heteroatoms. The Balaban J connectivity index is 1.51. The van der Waals surface area contributed by atoms with Crippen LogP contribution in [0, 0.1) is 5.82 Å². The summed E-state index contributed by atoms with van der Waals surface area (Å²) in [6, 6.07) is 10.0. The number of anilines is 1. The monoisotopic (exact) mass is 426 g/mol. The first-order valence-electron chi connectivity index (χ1n) is 9.91. The van der Waals surface area contributed by atoms with E-state index in [1.165, 1.54) is 26.5 Å². The van der Waals surface area contributed by atoms with Crippen LogP contribution in [-0.2, 0) is 11.3 Å². The molecular weight excluding hydrogens is 403 g/mol. The number of halogens is 1. The van der Waals surface area contributed by atoms with Crippen molar-refractivity contribution in [2.45, 2.75) is 6.54 Å². The summed E-state index contributed by atoms with van der Waals surface area (Å²) < 4.78 is 25.8. The Hall–Kier alpha value is -3.62. The van der Waals surface area contributed by atoms with Crippen LogP contribution < -0.4 is 19.9 Å². The van der Waals surface area contributed by atoms with Crippen LogP contribution in [0.3, 0.4) is 0 Å². The number of para-hydroxylation sites is 1. The van der Waals surface area contributed by atoms with Crippen LogP contribution >= 0.6 is 0 Å². The highest BCUT2D eigenvalue weighted by Gasteiger charge is 2.24. The van der Waals surface area contributed by atoms with E-state index in [9.17, 15) is 14.0 Å². The van der Waals surface area contributed by atoms with Gasteiger partial charge in [-0.3, -0.25) is 9.59 Å². The van der Waals surface area contributed by atoms with E-state index >= 15 is 0 Å². The first-order valence-corrected chi connectivity index (χ1v) is 9.91. The molecule has 0 unspecified atom stereocenters. The lowest BCUT2D eigenvalue weighted by molar-refractivity contribution is -0.132. The van der Waals surface area contributed by atoms with Gasteiger partial charge in [0.15, 0.2) is 11.5 Å². The number of hydrogen-bond acceptors (Lipinski definition) is 6. The molecule has 2 aromatic carbocycles. The molecule has 1 aliphatic rings. The third kappa shape index (κ3) is 3.90. The number of carbonyl (C=O) groups excluding carboxylic acids is 1. The molecular formula is C22H23FN4O4. The number of rotatable bonds is 5. The number of amides is 1. The zero-order valence-electron chi connectivity index (χ0n) is 17.4. The summed E-state index contributed by atoms with van der Waals surface area (Å²) in [7, 11) is 2.95. The van der Waals surface area contributed by atoms with Gasteiger partial charge in [0.05, 0.1) is 31.5 Å². The topological polar surface area (TPSA) is 76.9 Å². The maximum atomic E-state index is 14.0. The van der Waals surface area contributed by atoms with Crippen LogP contribution in [0.5, 0.6) is 11.5 Å². The van der Waals surface area contributed by atoms with E-state index in [0.29, 0.717) is 54.1 Å². The highest BCUT2D eigenvalue weighted by Crippen LogP contribution is 2.32. The summed E-state index contributed by atoms with van der Waals surface area (Å²) in [4.78, 5) is 29.4. The van der Waals surface area contributed by atoms with Crippen molar-refractivity contribution in [3.05, 3.63) is 58.8 Å². The van der Waals surface area contributed by atoms with E-state index in [4.69, 9.17) is 9.47 Å². The molecule has 1 amide bonds. The number of piperazine rings is 1. The number of aromatic nitrogens is 2. The van der Waals surface area contributed by atoms with E-state index in [2.05, 4.69) is 5.10 Å². The molecule has 3 aromatic rings.